The molecule has 0 spiro atoms. The van der Waals surface area contributed by atoms with Gasteiger partial charge in [0.1, 0.15) is 11.4 Å². The van der Waals surface area contributed by atoms with E-state index in [9.17, 15) is 4.79 Å². The van der Waals surface area contributed by atoms with E-state index in [0.717, 1.165) is 5.69 Å². The SMILES string of the molecule is CCOc1ccccc1-n1[nH]ccc1=O. The van der Waals surface area contributed by atoms with Gasteiger partial charge < -0.3 is 4.74 Å². The van der Waals surface area contributed by atoms with Crippen molar-refractivity contribution in [2.75, 3.05) is 6.61 Å². The van der Waals surface area contributed by atoms with E-state index in [-0.39, 0.29) is 5.56 Å². The molecule has 0 aliphatic carbocycles. The minimum atomic E-state index is -0.0952. The molecule has 0 radical (unpaired) electrons. The minimum Gasteiger partial charge on any atom is -0.492 e. The molecule has 0 saturated carbocycles. The molecule has 15 heavy (non-hydrogen) atoms. The molecule has 0 aliphatic heterocycles. The van der Waals surface area contributed by atoms with Crippen LogP contribution in [0.3, 0.4) is 0 Å². The number of aromatic amines is 1. The lowest BCUT2D eigenvalue weighted by molar-refractivity contribution is 0.338. The zero-order valence-electron chi connectivity index (χ0n) is 8.43. The Bertz CT molecular complexity index is 499. The van der Waals surface area contributed by atoms with Crippen molar-refractivity contribution in [1.82, 2.24) is 9.78 Å². The van der Waals surface area contributed by atoms with Gasteiger partial charge >= 0.3 is 0 Å². The fourth-order valence-electron chi connectivity index (χ4n) is 1.43. The first kappa shape index (κ1) is 9.58. The van der Waals surface area contributed by atoms with E-state index in [0.29, 0.717) is 12.4 Å². The van der Waals surface area contributed by atoms with Crippen LogP contribution >= 0.6 is 0 Å². The predicted octanol–water partition coefficient (Wildman–Crippen LogP) is 1.56. The second-order valence-electron chi connectivity index (χ2n) is 3.04. The molecule has 1 N–H and O–H groups in total. The molecule has 0 aliphatic rings. The average molecular weight is 204 g/mol. The summed E-state index contributed by atoms with van der Waals surface area (Å²) in [5, 5.41) is 2.84. The summed E-state index contributed by atoms with van der Waals surface area (Å²) in [7, 11) is 0. The van der Waals surface area contributed by atoms with Gasteiger partial charge in [0.25, 0.3) is 5.56 Å². The van der Waals surface area contributed by atoms with Gasteiger partial charge in [-0.1, -0.05) is 12.1 Å². The smallest absolute Gasteiger partial charge is 0.271 e. The van der Waals surface area contributed by atoms with E-state index in [1.54, 1.807) is 6.20 Å². The Balaban J connectivity index is 2.52. The molecule has 4 nitrogen and oxygen atoms in total. The third kappa shape index (κ3) is 1.79. The van der Waals surface area contributed by atoms with Crippen LogP contribution < -0.4 is 10.3 Å². The van der Waals surface area contributed by atoms with Crippen molar-refractivity contribution in [3.63, 3.8) is 0 Å². The van der Waals surface area contributed by atoms with Crippen LogP contribution in [0.4, 0.5) is 0 Å². The maximum absolute atomic E-state index is 11.5. The lowest BCUT2D eigenvalue weighted by atomic mass is 10.3. The summed E-state index contributed by atoms with van der Waals surface area (Å²) in [6, 6.07) is 8.89. The first-order chi connectivity index (χ1) is 7.33. The van der Waals surface area contributed by atoms with Crippen LogP contribution in [0.5, 0.6) is 5.75 Å². The second-order valence-corrected chi connectivity index (χ2v) is 3.04. The van der Waals surface area contributed by atoms with Crippen LogP contribution in [0.1, 0.15) is 6.92 Å². The third-order valence-corrected chi connectivity index (χ3v) is 2.06. The normalized spacial score (nSPS) is 10.2. The molecule has 0 saturated heterocycles. The molecule has 1 heterocycles. The molecule has 0 bridgehead atoms. The number of rotatable bonds is 3. The maximum atomic E-state index is 11.5. The number of nitrogens with zero attached hydrogens (tertiary/aromatic N) is 1. The van der Waals surface area contributed by atoms with E-state index < -0.39 is 0 Å². The van der Waals surface area contributed by atoms with Crippen LogP contribution in [0.2, 0.25) is 0 Å². The van der Waals surface area contributed by atoms with Gasteiger partial charge in [-0.25, -0.2) is 4.68 Å². The monoisotopic (exact) mass is 204 g/mol. The number of H-pyrrole nitrogens is 1. The summed E-state index contributed by atoms with van der Waals surface area (Å²) in [4.78, 5) is 11.5. The number of hydrogen-bond acceptors (Lipinski definition) is 2. The Morgan fingerprint density at radius 3 is 2.80 bits per heavy atom. The van der Waals surface area contributed by atoms with Gasteiger partial charge in [-0.15, -0.1) is 0 Å². The molecule has 0 atom stereocenters. The Labute approximate surface area is 87.1 Å². The fraction of sp³-hybridized carbons (Fsp3) is 0.182. The Morgan fingerprint density at radius 1 is 1.33 bits per heavy atom. The van der Waals surface area contributed by atoms with Crippen molar-refractivity contribution < 1.29 is 4.74 Å². The molecule has 2 rings (SSSR count). The van der Waals surface area contributed by atoms with Gasteiger partial charge in [0.05, 0.1) is 6.61 Å². The van der Waals surface area contributed by atoms with Gasteiger partial charge in [-0.3, -0.25) is 9.89 Å². The molecule has 0 amide bonds. The number of nitrogens with one attached hydrogen (secondary N) is 1. The first-order valence-electron chi connectivity index (χ1n) is 4.81. The van der Waals surface area contributed by atoms with E-state index in [1.165, 1.54) is 10.7 Å². The van der Waals surface area contributed by atoms with Gasteiger partial charge in [0.2, 0.25) is 0 Å². The molecule has 1 aromatic heterocycles. The summed E-state index contributed by atoms with van der Waals surface area (Å²) >= 11 is 0. The van der Waals surface area contributed by atoms with E-state index in [2.05, 4.69) is 5.10 Å². The van der Waals surface area contributed by atoms with Crippen molar-refractivity contribution in [2.24, 2.45) is 0 Å². The highest BCUT2D eigenvalue weighted by Crippen LogP contribution is 2.20. The lowest BCUT2D eigenvalue weighted by Crippen LogP contribution is -2.14. The molecular formula is C11H12N2O2. The van der Waals surface area contributed by atoms with Crippen molar-refractivity contribution in [1.29, 1.82) is 0 Å². The zero-order chi connectivity index (χ0) is 10.7. The van der Waals surface area contributed by atoms with Crippen LogP contribution in [-0.2, 0) is 0 Å². The first-order valence-corrected chi connectivity index (χ1v) is 4.81. The number of para-hydroxylation sites is 2. The fourth-order valence-corrected chi connectivity index (χ4v) is 1.43. The largest absolute Gasteiger partial charge is 0.492 e. The summed E-state index contributed by atoms with van der Waals surface area (Å²) < 4.78 is 6.89. The summed E-state index contributed by atoms with van der Waals surface area (Å²) in [5.74, 6) is 0.699. The van der Waals surface area contributed by atoms with Crippen LogP contribution in [0.25, 0.3) is 5.69 Å². The summed E-state index contributed by atoms with van der Waals surface area (Å²) in [6.07, 6.45) is 1.60. The van der Waals surface area contributed by atoms with E-state index in [4.69, 9.17) is 4.74 Å². The standard InChI is InChI=1S/C11H12N2O2/c1-2-15-10-6-4-3-5-9(10)13-11(14)7-8-12-13/h3-8,12H,2H2,1H3. The van der Waals surface area contributed by atoms with Gasteiger partial charge in [0, 0.05) is 12.3 Å². The minimum absolute atomic E-state index is 0.0952. The highest BCUT2D eigenvalue weighted by molar-refractivity contribution is 5.45. The second kappa shape index (κ2) is 4.04. The average Bonchev–Trinajstić information content (AvgIpc) is 2.66. The van der Waals surface area contributed by atoms with Gasteiger partial charge in [0.15, 0.2) is 0 Å². The van der Waals surface area contributed by atoms with Crippen LogP contribution in [0, 0.1) is 0 Å². The number of benzene rings is 1. The van der Waals surface area contributed by atoms with E-state index >= 15 is 0 Å². The molecule has 4 heteroatoms. The van der Waals surface area contributed by atoms with Gasteiger partial charge in [-0.05, 0) is 19.1 Å². The van der Waals surface area contributed by atoms with Crippen LogP contribution in [-0.4, -0.2) is 16.4 Å². The van der Waals surface area contributed by atoms with Crippen molar-refractivity contribution in [3.8, 4) is 11.4 Å². The van der Waals surface area contributed by atoms with Crippen molar-refractivity contribution in [2.45, 2.75) is 6.92 Å². The van der Waals surface area contributed by atoms with E-state index in [1.807, 2.05) is 31.2 Å². The Morgan fingerprint density at radius 2 is 2.13 bits per heavy atom. The predicted molar refractivity (Wildman–Crippen MR) is 57.6 cm³/mol. The van der Waals surface area contributed by atoms with Crippen molar-refractivity contribution in [3.05, 3.63) is 46.9 Å². The molecule has 0 fully saturated rings. The number of hydrogen-bond donors (Lipinski definition) is 1. The highest BCUT2D eigenvalue weighted by Gasteiger charge is 2.06. The number of ether oxygens (including phenoxy) is 1. The molecule has 2 aromatic rings. The van der Waals surface area contributed by atoms with Crippen molar-refractivity contribution >= 4 is 0 Å². The summed E-state index contributed by atoms with van der Waals surface area (Å²) in [5.41, 5.74) is 0.636. The quantitative estimate of drug-likeness (QED) is 0.824. The third-order valence-electron chi connectivity index (χ3n) is 2.06. The molecule has 78 valence electrons. The van der Waals surface area contributed by atoms with Crippen LogP contribution in [0.15, 0.2) is 41.3 Å². The zero-order valence-corrected chi connectivity index (χ0v) is 8.43. The molecular weight excluding hydrogens is 192 g/mol. The Hall–Kier alpha value is -1.97. The van der Waals surface area contributed by atoms with Gasteiger partial charge in [-0.2, -0.15) is 0 Å². The maximum Gasteiger partial charge on any atom is 0.271 e. The lowest BCUT2D eigenvalue weighted by Gasteiger charge is -2.09. The molecule has 0 unspecified atom stereocenters. The number of aromatic nitrogens is 2. The highest BCUT2D eigenvalue weighted by atomic mass is 16.5. The topological polar surface area (TPSA) is 47.0 Å². The Kier molecular flexibility index (Phi) is 2.58. The molecule has 1 aromatic carbocycles. The summed E-state index contributed by atoms with van der Waals surface area (Å²) in [6.45, 7) is 2.49.